The summed E-state index contributed by atoms with van der Waals surface area (Å²) in [4.78, 5) is 23.0. The number of rotatable bonds is 9. The van der Waals surface area contributed by atoms with Gasteiger partial charge in [-0.15, -0.1) is 0 Å². The molecule has 0 radical (unpaired) electrons. The van der Waals surface area contributed by atoms with Crippen molar-refractivity contribution in [3.05, 3.63) is 59.7 Å². The van der Waals surface area contributed by atoms with Gasteiger partial charge >= 0.3 is 5.97 Å². The Balaban J connectivity index is 1.74. The van der Waals surface area contributed by atoms with E-state index in [-0.39, 0.29) is 17.2 Å². The number of anilines is 1. The second-order valence-electron chi connectivity index (χ2n) is 5.41. The summed E-state index contributed by atoms with van der Waals surface area (Å²) in [7, 11) is 1.39. The number of nitrogens with one attached hydrogen (secondary N) is 1. The van der Waals surface area contributed by atoms with E-state index >= 15 is 0 Å². The second-order valence-corrected chi connectivity index (χ2v) is 5.41. The molecule has 2 N–H and O–H groups in total. The highest BCUT2D eigenvalue weighted by molar-refractivity contribution is 5.94. The monoisotopic (exact) mass is 343 g/mol. The first-order valence-electron chi connectivity index (χ1n) is 7.93. The number of methoxy groups -OCH3 is 1. The Kier molecular flexibility index (Phi) is 6.98. The summed E-state index contributed by atoms with van der Waals surface area (Å²) in [5.41, 5.74) is 1.64. The smallest absolute Gasteiger partial charge is 0.339 e. The first-order valence-corrected chi connectivity index (χ1v) is 7.93. The van der Waals surface area contributed by atoms with Gasteiger partial charge in [0.05, 0.1) is 13.7 Å². The van der Waals surface area contributed by atoms with Gasteiger partial charge in [-0.05, 0) is 24.1 Å². The molecule has 0 unspecified atom stereocenters. The van der Waals surface area contributed by atoms with Crippen molar-refractivity contribution in [3.63, 3.8) is 0 Å². The predicted molar refractivity (Wildman–Crippen MR) is 93.9 cm³/mol. The zero-order valence-electron chi connectivity index (χ0n) is 14.0. The Morgan fingerprint density at radius 3 is 2.56 bits per heavy atom. The van der Waals surface area contributed by atoms with Crippen LogP contribution in [0.1, 0.15) is 28.8 Å². The number of hydrogen-bond acceptors (Lipinski definition) is 4. The van der Waals surface area contributed by atoms with Gasteiger partial charge in [-0.3, -0.25) is 4.79 Å². The molecule has 0 saturated heterocycles. The molecule has 0 aliphatic rings. The lowest BCUT2D eigenvalue weighted by Crippen LogP contribution is -2.13. The normalized spacial score (nSPS) is 10.3. The van der Waals surface area contributed by atoms with Crippen molar-refractivity contribution in [2.75, 3.05) is 19.0 Å². The maximum absolute atomic E-state index is 11.9. The second kappa shape index (κ2) is 9.44. The fraction of sp³-hybridized carbons (Fsp3) is 0.263. The number of hydrogen-bond donors (Lipinski definition) is 2. The first kappa shape index (κ1) is 18.5. The van der Waals surface area contributed by atoms with Gasteiger partial charge in [-0.2, -0.15) is 0 Å². The fourth-order valence-corrected chi connectivity index (χ4v) is 2.27. The highest BCUT2D eigenvalue weighted by Gasteiger charge is 2.12. The number of carboxylic acid groups (broad SMARTS) is 1. The highest BCUT2D eigenvalue weighted by Crippen LogP contribution is 2.23. The van der Waals surface area contributed by atoms with E-state index in [9.17, 15) is 9.59 Å². The van der Waals surface area contributed by atoms with Gasteiger partial charge in [0.25, 0.3) is 0 Å². The van der Waals surface area contributed by atoms with Crippen LogP contribution in [-0.4, -0.2) is 30.7 Å². The number of aromatic carboxylic acids is 1. The van der Waals surface area contributed by atoms with E-state index in [0.717, 1.165) is 5.56 Å². The van der Waals surface area contributed by atoms with Crippen molar-refractivity contribution in [2.24, 2.45) is 0 Å². The molecule has 0 heterocycles. The molecular weight excluding hydrogens is 322 g/mol. The van der Waals surface area contributed by atoms with E-state index in [1.807, 2.05) is 30.3 Å². The molecule has 25 heavy (non-hydrogen) atoms. The molecule has 0 spiro atoms. The van der Waals surface area contributed by atoms with Crippen molar-refractivity contribution in [3.8, 4) is 5.75 Å². The van der Waals surface area contributed by atoms with E-state index in [1.54, 1.807) is 0 Å². The van der Waals surface area contributed by atoms with Crippen LogP contribution >= 0.6 is 0 Å². The molecule has 2 aromatic carbocycles. The molecule has 6 nitrogen and oxygen atoms in total. The molecule has 1 amide bonds. The van der Waals surface area contributed by atoms with Crippen LogP contribution in [-0.2, 0) is 16.1 Å². The quantitative estimate of drug-likeness (QED) is 0.682. The molecule has 0 bridgehead atoms. The number of ether oxygens (including phenoxy) is 2. The standard InChI is InChI=1S/C19H21NO5/c1-24-17-12-15(9-10-16(17)19(22)23)20-18(21)8-5-11-25-13-14-6-3-2-4-7-14/h2-4,6-7,9-10,12H,5,8,11,13H2,1H3,(H,20,21)(H,22,23). The lowest BCUT2D eigenvalue weighted by atomic mass is 10.1. The zero-order chi connectivity index (χ0) is 18.1. The molecule has 132 valence electrons. The van der Waals surface area contributed by atoms with Gasteiger partial charge in [0.2, 0.25) is 5.91 Å². The van der Waals surface area contributed by atoms with E-state index in [4.69, 9.17) is 14.6 Å². The molecular formula is C19H21NO5. The van der Waals surface area contributed by atoms with Crippen molar-refractivity contribution < 1.29 is 24.2 Å². The van der Waals surface area contributed by atoms with Gasteiger partial charge in [0.15, 0.2) is 0 Å². The minimum Gasteiger partial charge on any atom is -0.496 e. The number of amides is 1. The maximum atomic E-state index is 11.9. The van der Waals surface area contributed by atoms with Crippen molar-refractivity contribution in [1.29, 1.82) is 0 Å². The molecule has 0 aliphatic carbocycles. The van der Waals surface area contributed by atoms with Crippen LogP contribution in [0.3, 0.4) is 0 Å². The van der Waals surface area contributed by atoms with Crippen LogP contribution in [0.25, 0.3) is 0 Å². The SMILES string of the molecule is COc1cc(NC(=O)CCCOCc2ccccc2)ccc1C(=O)O. The topological polar surface area (TPSA) is 84.9 Å². The lowest BCUT2D eigenvalue weighted by Gasteiger charge is -2.09. The molecule has 0 saturated carbocycles. The minimum absolute atomic E-state index is 0.0508. The van der Waals surface area contributed by atoms with Crippen molar-refractivity contribution in [1.82, 2.24) is 0 Å². The third kappa shape index (κ3) is 5.93. The van der Waals surface area contributed by atoms with Crippen molar-refractivity contribution in [2.45, 2.75) is 19.4 Å². The summed E-state index contributed by atoms with van der Waals surface area (Å²) in [5.74, 6) is -1.03. The van der Waals surface area contributed by atoms with Crippen LogP contribution < -0.4 is 10.1 Å². The maximum Gasteiger partial charge on any atom is 0.339 e. The van der Waals surface area contributed by atoms with Gasteiger partial charge in [-0.25, -0.2) is 4.79 Å². The van der Waals surface area contributed by atoms with Crippen LogP contribution in [0.5, 0.6) is 5.75 Å². The van der Waals surface area contributed by atoms with Crippen LogP contribution in [0.2, 0.25) is 0 Å². The Hall–Kier alpha value is -2.86. The Labute approximate surface area is 146 Å². The average molecular weight is 343 g/mol. The van der Waals surface area contributed by atoms with Crippen molar-refractivity contribution >= 4 is 17.6 Å². The summed E-state index contributed by atoms with van der Waals surface area (Å²) in [5, 5.41) is 11.8. The van der Waals surface area contributed by atoms with Crippen LogP contribution in [0.15, 0.2) is 48.5 Å². The molecule has 2 rings (SSSR count). The predicted octanol–water partition coefficient (Wildman–Crippen LogP) is 3.33. The summed E-state index contributed by atoms with van der Waals surface area (Å²) < 4.78 is 10.6. The summed E-state index contributed by atoms with van der Waals surface area (Å²) in [6, 6.07) is 14.3. The molecule has 0 aliphatic heterocycles. The van der Waals surface area contributed by atoms with Gasteiger partial charge in [0, 0.05) is 24.8 Å². The summed E-state index contributed by atoms with van der Waals surface area (Å²) >= 11 is 0. The van der Waals surface area contributed by atoms with E-state index in [1.165, 1.54) is 25.3 Å². The molecule has 0 atom stereocenters. The van der Waals surface area contributed by atoms with E-state index in [0.29, 0.717) is 31.7 Å². The number of carboxylic acids is 1. The molecule has 0 aromatic heterocycles. The third-order valence-corrected chi connectivity index (χ3v) is 3.52. The Morgan fingerprint density at radius 2 is 1.88 bits per heavy atom. The number of carbonyl (C=O) groups is 2. The minimum atomic E-state index is -1.08. The van der Waals surface area contributed by atoms with Crippen LogP contribution in [0.4, 0.5) is 5.69 Å². The number of benzene rings is 2. The molecule has 6 heteroatoms. The zero-order valence-corrected chi connectivity index (χ0v) is 14.0. The van der Waals surface area contributed by atoms with Gasteiger partial charge in [0.1, 0.15) is 11.3 Å². The summed E-state index contributed by atoms with van der Waals surface area (Å²) in [6.07, 6.45) is 0.917. The molecule has 2 aromatic rings. The first-order chi connectivity index (χ1) is 12.1. The summed E-state index contributed by atoms with van der Waals surface area (Å²) in [6.45, 7) is 1.01. The van der Waals surface area contributed by atoms with E-state index < -0.39 is 5.97 Å². The lowest BCUT2D eigenvalue weighted by molar-refractivity contribution is -0.116. The number of carbonyl (C=O) groups excluding carboxylic acids is 1. The largest absolute Gasteiger partial charge is 0.496 e. The Morgan fingerprint density at radius 1 is 1.12 bits per heavy atom. The van der Waals surface area contributed by atoms with Gasteiger partial charge < -0.3 is 19.9 Å². The third-order valence-electron chi connectivity index (χ3n) is 3.52. The average Bonchev–Trinajstić information content (AvgIpc) is 2.62. The van der Waals surface area contributed by atoms with Crippen LogP contribution in [0, 0.1) is 0 Å². The Bertz CT molecular complexity index is 715. The fourth-order valence-electron chi connectivity index (χ4n) is 2.27. The molecule has 0 fully saturated rings. The van der Waals surface area contributed by atoms with Gasteiger partial charge in [-0.1, -0.05) is 30.3 Å². The highest BCUT2D eigenvalue weighted by atomic mass is 16.5. The van der Waals surface area contributed by atoms with E-state index in [2.05, 4.69) is 5.32 Å².